The van der Waals surface area contributed by atoms with Crippen molar-refractivity contribution in [1.82, 2.24) is 15.1 Å². The molecule has 0 aliphatic carbocycles. The van der Waals surface area contributed by atoms with E-state index in [2.05, 4.69) is 15.5 Å². The fourth-order valence-corrected chi connectivity index (χ4v) is 2.89. The molecule has 2 amide bonds. The highest BCUT2D eigenvalue weighted by Crippen LogP contribution is 2.25. The number of hydrogen-bond donors (Lipinski definition) is 1. The van der Waals surface area contributed by atoms with Crippen LogP contribution in [0.1, 0.15) is 5.56 Å². The minimum Gasteiger partial charge on any atom is -0.324 e. The first kappa shape index (κ1) is 13.3. The Labute approximate surface area is 125 Å². The first-order chi connectivity index (χ1) is 9.72. The predicted octanol–water partition coefficient (Wildman–Crippen LogP) is 2.90. The van der Waals surface area contributed by atoms with Crippen LogP contribution in [0, 0.1) is 5.92 Å². The second-order valence-electron chi connectivity index (χ2n) is 4.74. The number of benzene rings is 1. The summed E-state index contributed by atoms with van der Waals surface area (Å²) in [5.74, 6) is 0.468. The van der Waals surface area contributed by atoms with E-state index in [9.17, 15) is 4.79 Å². The Hall–Kier alpha value is -1.66. The minimum absolute atomic E-state index is 0.114. The van der Waals surface area contributed by atoms with Gasteiger partial charge >= 0.3 is 6.03 Å². The summed E-state index contributed by atoms with van der Waals surface area (Å²) >= 11 is 7.45. The SMILES string of the molecule is O=C(Nc1nncs1)N1CC(Cc2ccccc2Cl)C1. The highest BCUT2D eigenvalue weighted by molar-refractivity contribution is 7.13. The molecule has 104 valence electrons. The van der Waals surface area contributed by atoms with Crippen molar-refractivity contribution >= 4 is 34.1 Å². The third-order valence-electron chi connectivity index (χ3n) is 3.28. The van der Waals surface area contributed by atoms with Crippen LogP contribution in [0.2, 0.25) is 5.02 Å². The third-order valence-corrected chi connectivity index (χ3v) is 4.26. The average Bonchev–Trinajstić information content (AvgIpc) is 2.88. The number of nitrogens with zero attached hydrogens (tertiary/aromatic N) is 3. The van der Waals surface area contributed by atoms with Crippen LogP contribution in [0.15, 0.2) is 29.8 Å². The molecule has 1 fully saturated rings. The lowest BCUT2D eigenvalue weighted by atomic mass is 9.92. The molecule has 0 spiro atoms. The van der Waals surface area contributed by atoms with Gasteiger partial charge in [0.05, 0.1) is 0 Å². The lowest BCUT2D eigenvalue weighted by Gasteiger charge is -2.39. The molecule has 1 aromatic carbocycles. The van der Waals surface area contributed by atoms with Crippen molar-refractivity contribution in [3.63, 3.8) is 0 Å². The largest absolute Gasteiger partial charge is 0.324 e. The lowest BCUT2D eigenvalue weighted by molar-refractivity contribution is 0.131. The molecule has 2 aromatic rings. The van der Waals surface area contributed by atoms with Crippen LogP contribution in [0.25, 0.3) is 0 Å². The van der Waals surface area contributed by atoms with Crippen molar-refractivity contribution in [3.05, 3.63) is 40.4 Å². The monoisotopic (exact) mass is 308 g/mol. The second-order valence-corrected chi connectivity index (χ2v) is 5.98. The maximum absolute atomic E-state index is 11.9. The summed E-state index contributed by atoms with van der Waals surface area (Å²) in [7, 11) is 0. The van der Waals surface area contributed by atoms with Gasteiger partial charge in [0.1, 0.15) is 5.51 Å². The van der Waals surface area contributed by atoms with Crippen molar-refractivity contribution < 1.29 is 4.79 Å². The van der Waals surface area contributed by atoms with Gasteiger partial charge in [-0.15, -0.1) is 10.2 Å². The molecule has 1 aromatic heterocycles. The number of likely N-dealkylation sites (tertiary alicyclic amines) is 1. The van der Waals surface area contributed by atoms with Gasteiger partial charge in [0.2, 0.25) is 5.13 Å². The van der Waals surface area contributed by atoms with Crippen molar-refractivity contribution in [1.29, 1.82) is 0 Å². The average molecular weight is 309 g/mol. The lowest BCUT2D eigenvalue weighted by Crippen LogP contribution is -2.52. The van der Waals surface area contributed by atoms with Crippen molar-refractivity contribution in [3.8, 4) is 0 Å². The summed E-state index contributed by atoms with van der Waals surface area (Å²) in [4.78, 5) is 13.7. The van der Waals surface area contributed by atoms with E-state index in [0.29, 0.717) is 11.0 Å². The Morgan fingerprint density at radius 1 is 1.45 bits per heavy atom. The van der Waals surface area contributed by atoms with Gasteiger partial charge in [-0.2, -0.15) is 0 Å². The number of hydrogen-bond acceptors (Lipinski definition) is 4. The first-order valence-corrected chi connectivity index (χ1v) is 7.53. The number of urea groups is 1. The highest BCUT2D eigenvalue weighted by atomic mass is 35.5. The van der Waals surface area contributed by atoms with Gasteiger partial charge < -0.3 is 4.90 Å². The smallest absolute Gasteiger partial charge is 0.323 e. The van der Waals surface area contributed by atoms with Crippen molar-refractivity contribution in [2.45, 2.75) is 6.42 Å². The van der Waals surface area contributed by atoms with Gasteiger partial charge in [-0.3, -0.25) is 5.32 Å². The molecule has 3 rings (SSSR count). The number of aromatic nitrogens is 2. The molecule has 0 atom stereocenters. The second kappa shape index (κ2) is 5.76. The summed E-state index contributed by atoms with van der Waals surface area (Å²) in [6.45, 7) is 1.49. The van der Waals surface area contributed by atoms with E-state index < -0.39 is 0 Å². The van der Waals surface area contributed by atoms with Crippen LogP contribution < -0.4 is 5.32 Å². The molecule has 2 heterocycles. The summed E-state index contributed by atoms with van der Waals surface area (Å²) in [5.41, 5.74) is 2.73. The predicted molar refractivity (Wildman–Crippen MR) is 79.1 cm³/mol. The Morgan fingerprint density at radius 3 is 2.95 bits per heavy atom. The van der Waals surface area contributed by atoms with E-state index in [-0.39, 0.29) is 6.03 Å². The summed E-state index contributed by atoms with van der Waals surface area (Å²) in [6, 6.07) is 7.73. The molecular weight excluding hydrogens is 296 g/mol. The topological polar surface area (TPSA) is 58.1 Å². The molecule has 0 saturated carbocycles. The molecule has 7 heteroatoms. The Balaban J connectivity index is 1.49. The number of anilines is 1. The van der Waals surface area contributed by atoms with E-state index in [0.717, 1.165) is 30.1 Å². The minimum atomic E-state index is -0.114. The Bertz CT molecular complexity index is 598. The fraction of sp³-hybridized carbons (Fsp3) is 0.308. The van der Waals surface area contributed by atoms with Gasteiger partial charge in [-0.25, -0.2) is 4.79 Å². The highest BCUT2D eigenvalue weighted by Gasteiger charge is 2.31. The Morgan fingerprint density at radius 2 is 2.25 bits per heavy atom. The molecule has 1 aliphatic rings. The van der Waals surface area contributed by atoms with Crippen LogP contribution in [-0.2, 0) is 6.42 Å². The molecule has 0 bridgehead atoms. The zero-order chi connectivity index (χ0) is 13.9. The van der Waals surface area contributed by atoms with Crippen LogP contribution >= 0.6 is 22.9 Å². The van der Waals surface area contributed by atoms with Crippen LogP contribution in [0.4, 0.5) is 9.93 Å². The van der Waals surface area contributed by atoms with Crippen LogP contribution in [-0.4, -0.2) is 34.2 Å². The quantitative estimate of drug-likeness (QED) is 0.948. The van der Waals surface area contributed by atoms with E-state index in [1.54, 1.807) is 10.4 Å². The number of amides is 2. The molecule has 1 saturated heterocycles. The van der Waals surface area contributed by atoms with Crippen molar-refractivity contribution in [2.75, 3.05) is 18.4 Å². The summed E-state index contributed by atoms with van der Waals surface area (Å²) in [5, 5.41) is 11.5. The molecule has 5 nitrogen and oxygen atoms in total. The van der Waals surface area contributed by atoms with Crippen LogP contribution in [0.5, 0.6) is 0 Å². The fourth-order valence-electron chi connectivity index (χ4n) is 2.24. The Kier molecular flexibility index (Phi) is 3.84. The zero-order valence-corrected chi connectivity index (χ0v) is 12.2. The van der Waals surface area contributed by atoms with Gasteiger partial charge in [0, 0.05) is 18.1 Å². The zero-order valence-electron chi connectivity index (χ0n) is 10.6. The van der Waals surface area contributed by atoms with Crippen molar-refractivity contribution in [2.24, 2.45) is 5.92 Å². The molecule has 20 heavy (non-hydrogen) atoms. The van der Waals surface area contributed by atoms with Crippen LogP contribution in [0.3, 0.4) is 0 Å². The number of halogens is 1. The van der Waals surface area contributed by atoms with E-state index >= 15 is 0 Å². The van der Waals surface area contributed by atoms with Gasteiger partial charge in [0.15, 0.2) is 0 Å². The maximum Gasteiger partial charge on any atom is 0.323 e. The molecular formula is C13H13ClN4OS. The number of rotatable bonds is 3. The van der Waals surface area contributed by atoms with Gasteiger partial charge in [-0.05, 0) is 24.0 Å². The van der Waals surface area contributed by atoms with E-state index in [1.165, 1.54) is 11.3 Å². The number of nitrogens with one attached hydrogen (secondary N) is 1. The number of carbonyl (C=O) groups is 1. The van der Waals surface area contributed by atoms with Gasteiger partial charge in [0.25, 0.3) is 0 Å². The number of carbonyl (C=O) groups excluding carboxylic acids is 1. The molecule has 1 aliphatic heterocycles. The third kappa shape index (κ3) is 2.91. The first-order valence-electron chi connectivity index (χ1n) is 6.28. The van der Waals surface area contributed by atoms with Gasteiger partial charge in [-0.1, -0.05) is 41.1 Å². The molecule has 0 unspecified atom stereocenters. The molecule has 1 N–H and O–H groups in total. The summed E-state index contributed by atoms with van der Waals surface area (Å²) in [6.07, 6.45) is 0.905. The molecule has 0 radical (unpaired) electrons. The summed E-state index contributed by atoms with van der Waals surface area (Å²) < 4.78 is 0. The van der Waals surface area contributed by atoms with E-state index in [1.807, 2.05) is 24.3 Å². The maximum atomic E-state index is 11.9. The van der Waals surface area contributed by atoms with E-state index in [4.69, 9.17) is 11.6 Å². The standard InChI is InChI=1S/C13H13ClN4OS/c14-11-4-2-1-3-10(11)5-9-6-18(7-9)13(19)16-12-17-15-8-20-12/h1-4,8-9H,5-7H2,(H,16,17,19). The normalized spacial score (nSPS) is 14.9.